The fourth-order valence-electron chi connectivity index (χ4n) is 2.71. The second-order valence-corrected chi connectivity index (χ2v) is 5.46. The zero-order valence-electron chi connectivity index (χ0n) is 12.5. The Morgan fingerprint density at radius 2 is 2.13 bits per heavy atom. The van der Waals surface area contributed by atoms with Gasteiger partial charge in [0.05, 0.1) is 17.6 Å². The molecule has 3 heterocycles. The van der Waals surface area contributed by atoms with Crippen molar-refractivity contribution in [3.8, 4) is 5.75 Å². The molecule has 0 saturated carbocycles. The van der Waals surface area contributed by atoms with Gasteiger partial charge in [0, 0.05) is 19.2 Å². The summed E-state index contributed by atoms with van der Waals surface area (Å²) in [6.45, 7) is 1.21. The molecule has 3 aromatic rings. The molecule has 0 bridgehead atoms. The number of carbonyl (C=O) groups is 1. The summed E-state index contributed by atoms with van der Waals surface area (Å²) in [5, 5.41) is 2.91. The number of nitrogens with one attached hydrogen (secondary N) is 1. The maximum atomic E-state index is 12.3. The molecule has 1 N–H and O–H groups in total. The van der Waals surface area contributed by atoms with Crippen molar-refractivity contribution < 1.29 is 9.53 Å². The van der Waals surface area contributed by atoms with Crippen LogP contribution in [0, 0.1) is 0 Å². The predicted octanol–water partition coefficient (Wildman–Crippen LogP) is 2.49. The fraction of sp³-hybridized carbons (Fsp3) is 0.167. The molecule has 0 spiro atoms. The van der Waals surface area contributed by atoms with Gasteiger partial charge in [0.1, 0.15) is 11.4 Å². The summed E-state index contributed by atoms with van der Waals surface area (Å²) in [5.41, 5.74) is 4.16. The Hall–Kier alpha value is -2.95. The van der Waals surface area contributed by atoms with E-state index in [2.05, 4.69) is 21.4 Å². The standard InChI is InChI=1S/C18H15N3O2/c22-18(16-5-4-14-15(21-16)2-1-8-19-14)20-11-12-3-6-17-13(10-12)7-9-23-17/h1-6,8,10H,7,9,11H2,(H,20,22). The second kappa shape index (κ2) is 5.68. The van der Waals surface area contributed by atoms with Crippen molar-refractivity contribution in [1.82, 2.24) is 15.3 Å². The number of fused-ring (bicyclic) bond motifs is 2. The maximum absolute atomic E-state index is 12.3. The molecule has 23 heavy (non-hydrogen) atoms. The van der Waals surface area contributed by atoms with E-state index in [1.165, 1.54) is 5.56 Å². The van der Waals surface area contributed by atoms with E-state index in [0.29, 0.717) is 12.2 Å². The van der Waals surface area contributed by atoms with Crippen molar-refractivity contribution in [2.24, 2.45) is 0 Å². The molecule has 0 radical (unpaired) electrons. The van der Waals surface area contributed by atoms with Crippen LogP contribution in [0.25, 0.3) is 11.0 Å². The van der Waals surface area contributed by atoms with Crippen molar-refractivity contribution in [2.75, 3.05) is 6.61 Å². The SMILES string of the molecule is O=C(NCc1ccc2c(c1)CCO2)c1ccc2ncccc2n1. The third kappa shape index (κ3) is 2.73. The summed E-state index contributed by atoms with van der Waals surface area (Å²) in [6.07, 6.45) is 2.64. The fourth-order valence-corrected chi connectivity index (χ4v) is 2.71. The molecule has 1 aliphatic heterocycles. The second-order valence-electron chi connectivity index (χ2n) is 5.46. The van der Waals surface area contributed by atoms with Gasteiger partial charge < -0.3 is 10.1 Å². The Morgan fingerprint density at radius 3 is 3.09 bits per heavy atom. The lowest BCUT2D eigenvalue weighted by Crippen LogP contribution is -2.23. The van der Waals surface area contributed by atoms with Crippen LogP contribution in [0.1, 0.15) is 21.6 Å². The van der Waals surface area contributed by atoms with Gasteiger partial charge in [0.15, 0.2) is 0 Å². The molecule has 114 valence electrons. The first-order chi connectivity index (χ1) is 11.3. The van der Waals surface area contributed by atoms with Gasteiger partial charge in [-0.25, -0.2) is 4.98 Å². The number of benzene rings is 1. The normalized spacial score (nSPS) is 12.7. The average Bonchev–Trinajstić information content (AvgIpc) is 3.07. The Balaban J connectivity index is 1.48. The summed E-state index contributed by atoms with van der Waals surface area (Å²) in [6, 6.07) is 13.2. The minimum Gasteiger partial charge on any atom is -0.493 e. The van der Waals surface area contributed by atoms with E-state index in [9.17, 15) is 4.79 Å². The van der Waals surface area contributed by atoms with Gasteiger partial charge >= 0.3 is 0 Å². The number of amides is 1. The van der Waals surface area contributed by atoms with Crippen LogP contribution < -0.4 is 10.1 Å². The van der Waals surface area contributed by atoms with Crippen LogP contribution >= 0.6 is 0 Å². The van der Waals surface area contributed by atoms with E-state index in [1.54, 1.807) is 12.3 Å². The lowest BCUT2D eigenvalue weighted by atomic mass is 10.1. The van der Waals surface area contributed by atoms with Crippen molar-refractivity contribution in [1.29, 1.82) is 0 Å². The first-order valence-electron chi connectivity index (χ1n) is 7.54. The first-order valence-corrected chi connectivity index (χ1v) is 7.54. The molecule has 1 aliphatic rings. The number of ether oxygens (including phenoxy) is 1. The smallest absolute Gasteiger partial charge is 0.270 e. The summed E-state index contributed by atoms with van der Waals surface area (Å²) in [7, 11) is 0. The maximum Gasteiger partial charge on any atom is 0.270 e. The van der Waals surface area contributed by atoms with Gasteiger partial charge in [-0.1, -0.05) is 12.1 Å². The number of nitrogens with zero attached hydrogens (tertiary/aromatic N) is 2. The molecular weight excluding hydrogens is 290 g/mol. The van der Waals surface area contributed by atoms with Gasteiger partial charge in [-0.3, -0.25) is 9.78 Å². The topological polar surface area (TPSA) is 64.1 Å². The van der Waals surface area contributed by atoms with Crippen LogP contribution in [0.4, 0.5) is 0 Å². The van der Waals surface area contributed by atoms with Gasteiger partial charge in [-0.05, 0) is 41.5 Å². The van der Waals surface area contributed by atoms with E-state index in [4.69, 9.17) is 4.74 Å². The number of hydrogen-bond acceptors (Lipinski definition) is 4. The van der Waals surface area contributed by atoms with Crippen molar-refractivity contribution >= 4 is 16.9 Å². The van der Waals surface area contributed by atoms with Crippen LogP contribution in [-0.4, -0.2) is 22.5 Å². The molecule has 0 fully saturated rings. The lowest BCUT2D eigenvalue weighted by Gasteiger charge is -2.07. The number of carbonyl (C=O) groups excluding carboxylic acids is 1. The van der Waals surface area contributed by atoms with E-state index >= 15 is 0 Å². The quantitative estimate of drug-likeness (QED) is 0.807. The lowest BCUT2D eigenvalue weighted by molar-refractivity contribution is 0.0946. The number of rotatable bonds is 3. The van der Waals surface area contributed by atoms with Crippen LogP contribution in [0.2, 0.25) is 0 Å². The number of pyridine rings is 2. The third-order valence-electron chi connectivity index (χ3n) is 3.90. The molecule has 1 amide bonds. The van der Waals surface area contributed by atoms with Crippen LogP contribution in [0.5, 0.6) is 5.75 Å². The first kappa shape index (κ1) is 13.7. The van der Waals surface area contributed by atoms with Gasteiger partial charge in [0.25, 0.3) is 5.91 Å². The van der Waals surface area contributed by atoms with Gasteiger partial charge in [-0.15, -0.1) is 0 Å². The molecule has 0 unspecified atom stereocenters. The minimum atomic E-state index is -0.187. The summed E-state index contributed by atoms with van der Waals surface area (Å²) < 4.78 is 5.49. The molecular formula is C18H15N3O2. The summed E-state index contributed by atoms with van der Waals surface area (Å²) >= 11 is 0. The highest BCUT2D eigenvalue weighted by Gasteiger charge is 2.13. The Kier molecular flexibility index (Phi) is 3.38. The van der Waals surface area contributed by atoms with Crippen LogP contribution in [0.15, 0.2) is 48.7 Å². The monoisotopic (exact) mass is 305 g/mol. The number of hydrogen-bond donors (Lipinski definition) is 1. The van der Waals surface area contributed by atoms with Crippen LogP contribution in [-0.2, 0) is 13.0 Å². The molecule has 0 aliphatic carbocycles. The van der Waals surface area contributed by atoms with E-state index in [-0.39, 0.29) is 5.91 Å². The van der Waals surface area contributed by atoms with Gasteiger partial charge in [-0.2, -0.15) is 0 Å². The van der Waals surface area contributed by atoms with Crippen LogP contribution in [0.3, 0.4) is 0 Å². The molecule has 4 rings (SSSR count). The van der Waals surface area contributed by atoms with E-state index < -0.39 is 0 Å². The summed E-state index contributed by atoms with van der Waals surface area (Å²) in [4.78, 5) is 20.8. The molecule has 1 aromatic carbocycles. The molecule has 2 aromatic heterocycles. The molecule has 5 heteroatoms. The highest BCUT2D eigenvalue weighted by atomic mass is 16.5. The summed E-state index contributed by atoms with van der Waals surface area (Å²) in [5.74, 6) is 0.760. The Labute approximate surface area is 133 Å². The van der Waals surface area contributed by atoms with E-state index in [1.807, 2.05) is 30.3 Å². The Bertz CT molecular complexity index is 892. The molecule has 5 nitrogen and oxygen atoms in total. The third-order valence-corrected chi connectivity index (χ3v) is 3.90. The largest absolute Gasteiger partial charge is 0.493 e. The predicted molar refractivity (Wildman–Crippen MR) is 86.3 cm³/mol. The van der Waals surface area contributed by atoms with Crippen molar-refractivity contribution in [2.45, 2.75) is 13.0 Å². The zero-order valence-corrected chi connectivity index (χ0v) is 12.5. The molecule has 0 atom stereocenters. The average molecular weight is 305 g/mol. The van der Waals surface area contributed by atoms with Crippen molar-refractivity contribution in [3.05, 3.63) is 65.5 Å². The molecule has 0 saturated heterocycles. The van der Waals surface area contributed by atoms with Crippen molar-refractivity contribution in [3.63, 3.8) is 0 Å². The number of aromatic nitrogens is 2. The highest BCUT2D eigenvalue weighted by Crippen LogP contribution is 2.25. The Morgan fingerprint density at radius 1 is 1.17 bits per heavy atom. The minimum absolute atomic E-state index is 0.187. The zero-order chi connectivity index (χ0) is 15.6. The van der Waals surface area contributed by atoms with Gasteiger partial charge in [0.2, 0.25) is 0 Å². The highest BCUT2D eigenvalue weighted by molar-refractivity contribution is 5.94. The van der Waals surface area contributed by atoms with E-state index in [0.717, 1.165) is 35.4 Å².